The second kappa shape index (κ2) is 7.27. The smallest absolute Gasteiger partial charge is 0.284 e. The van der Waals surface area contributed by atoms with Gasteiger partial charge >= 0.3 is 0 Å². The molecule has 0 saturated carbocycles. The molecule has 0 aliphatic carbocycles. The molecule has 0 unspecified atom stereocenters. The summed E-state index contributed by atoms with van der Waals surface area (Å²) < 4.78 is 39.7. The Morgan fingerprint density at radius 1 is 1.37 bits per heavy atom. The van der Waals surface area contributed by atoms with Gasteiger partial charge in [-0.25, -0.2) is 12.8 Å². The van der Waals surface area contributed by atoms with Gasteiger partial charge in [0.05, 0.1) is 32.2 Å². The zero-order valence-electron chi connectivity index (χ0n) is 13.9. The van der Waals surface area contributed by atoms with Crippen molar-refractivity contribution in [2.75, 3.05) is 6.26 Å². The lowest BCUT2D eigenvalue weighted by atomic mass is 10.2. The fourth-order valence-electron chi connectivity index (χ4n) is 2.46. The Hall–Kier alpha value is -2.47. The second-order valence-electron chi connectivity index (χ2n) is 5.59. The summed E-state index contributed by atoms with van der Waals surface area (Å²) in [6, 6.07) is 8.44. The van der Waals surface area contributed by atoms with Gasteiger partial charge in [-0.2, -0.15) is 4.99 Å². The van der Waals surface area contributed by atoms with Crippen molar-refractivity contribution in [3.05, 3.63) is 57.6 Å². The van der Waals surface area contributed by atoms with Crippen molar-refractivity contribution in [1.82, 2.24) is 4.57 Å². The highest BCUT2D eigenvalue weighted by Gasteiger charge is 2.17. The van der Waals surface area contributed by atoms with Crippen LogP contribution in [0.25, 0.3) is 10.2 Å². The number of carbonyl (C=O) groups is 1. The van der Waals surface area contributed by atoms with E-state index < -0.39 is 21.6 Å². The van der Waals surface area contributed by atoms with E-state index in [0.717, 1.165) is 23.7 Å². The monoisotopic (exact) mass is 422 g/mol. The molecule has 0 radical (unpaired) electrons. The Balaban J connectivity index is 2.24. The van der Waals surface area contributed by atoms with Crippen molar-refractivity contribution in [2.24, 2.45) is 4.99 Å². The number of nitrogens with zero attached hydrogens (tertiary/aromatic N) is 2. The number of terminal acetylenes is 1. The van der Waals surface area contributed by atoms with Crippen LogP contribution in [0.2, 0.25) is 5.02 Å². The van der Waals surface area contributed by atoms with Gasteiger partial charge in [0, 0.05) is 6.26 Å². The fourth-order valence-corrected chi connectivity index (χ4v) is 4.49. The minimum atomic E-state index is -3.39. The molecule has 27 heavy (non-hydrogen) atoms. The molecule has 5 nitrogen and oxygen atoms in total. The first-order chi connectivity index (χ1) is 12.7. The summed E-state index contributed by atoms with van der Waals surface area (Å²) in [4.78, 5) is 16.8. The number of benzene rings is 2. The Morgan fingerprint density at radius 3 is 2.74 bits per heavy atom. The lowest BCUT2D eigenvalue weighted by molar-refractivity contribution is 0.0994. The van der Waals surface area contributed by atoms with Crippen LogP contribution in [0.3, 0.4) is 0 Å². The molecule has 0 fully saturated rings. The molecule has 2 aromatic carbocycles. The van der Waals surface area contributed by atoms with Crippen LogP contribution < -0.4 is 4.80 Å². The first kappa shape index (κ1) is 19.3. The van der Waals surface area contributed by atoms with Crippen molar-refractivity contribution in [3.63, 3.8) is 0 Å². The van der Waals surface area contributed by atoms with Gasteiger partial charge < -0.3 is 4.57 Å². The van der Waals surface area contributed by atoms with Crippen LogP contribution in [0.1, 0.15) is 10.4 Å². The van der Waals surface area contributed by atoms with Crippen molar-refractivity contribution < 1.29 is 17.6 Å². The summed E-state index contributed by atoms with van der Waals surface area (Å²) >= 11 is 7.00. The number of thiazole rings is 1. The highest BCUT2D eigenvalue weighted by atomic mass is 35.5. The molecule has 138 valence electrons. The van der Waals surface area contributed by atoms with Gasteiger partial charge in [0.25, 0.3) is 5.91 Å². The van der Waals surface area contributed by atoms with E-state index in [1.807, 2.05) is 0 Å². The predicted octanol–water partition coefficient (Wildman–Crippen LogP) is 3.27. The van der Waals surface area contributed by atoms with Crippen LogP contribution in [0.4, 0.5) is 4.39 Å². The molecular formula is C18H12ClFN2O3S2. The van der Waals surface area contributed by atoms with Crippen molar-refractivity contribution in [1.29, 1.82) is 0 Å². The largest absolute Gasteiger partial charge is 0.305 e. The maximum absolute atomic E-state index is 14.0. The van der Waals surface area contributed by atoms with Gasteiger partial charge in [-0.05, 0) is 30.3 Å². The van der Waals surface area contributed by atoms with E-state index in [0.29, 0.717) is 10.2 Å². The van der Waals surface area contributed by atoms with Crippen LogP contribution in [0.5, 0.6) is 0 Å². The molecule has 0 N–H and O–H groups in total. The van der Waals surface area contributed by atoms with E-state index in [-0.39, 0.29) is 26.8 Å². The third-order valence-corrected chi connectivity index (χ3v) is 6.17. The van der Waals surface area contributed by atoms with Crippen molar-refractivity contribution in [2.45, 2.75) is 11.4 Å². The lowest BCUT2D eigenvalue weighted by Gasteiger charge is -2.02. The Morgan fingerprint density at radius 2 is 2.11 bits per heavy atom. The molecular weight excluding hydrogens is 411 g/mol. The van der Waals surface area contributed by atoms with Gasteiger partial charge in [0.1, 0.15) is 5.82 Å². The van der Waals surface area contributed by atoms with Crippen molar-refractivity contribution >= 4 is 48.9 Å². The maximum Gasteiger partial charge on any atom is 0.284 e. The van der Waals surface area contributed by atoms with E-state index in [1.165, 1.54) is 24.3 Å². The molecule has 1 aromatic heterocycles. The zero-order valence-corrected chi connectivity index (χ0v) is 16.3. The molecule has 0 aliphatic rings. The third kappa shape index (κ3) is 3.81. The number of sulfone groups is 1. The van der Waals surface area contributed by atoms with Gasteiger partial charge in [0.2, 0.25) is 0 Å². The minimum Gasteiger partial charge on any atom is -0.305 e. The number of fused-ring (bicyclic) bond motifs is 1. The molecule has 9 heteroatoms. The van der Waals surface area contributed by atoms with Gasteiger partial charge in [0.15, 0.2) is 14.6 Å². The van der Waals surface area contributed by atoms with Crippen LogP contribution in [0.15, 0.2) is 46.3 Å². The quantitative estimate of drug-likeness (QED) is 0.608. The first-order valence-corrected chi connectivity index (χ1v) is 10.6. The molecule has 1 heterocycles. The average molecular weight is 423 g/mol. The zero-order chi connectivity index (χ0) is 19.8. The maximum atomic E-state index is 14.0. The van der Waals surface area contributed by atoms with E-state index in [4.69, 9.17) is 18.0 Å². The number of hydrogen-bond acceptors (Lipinski definition) is 4. The van der Waals surface area contributed by atoms with Crippen LogP contribution in [-0.2, 0) is 16.4 Å². The Labute approximate surface area is 163 Å². The number of amides is 1. The molecule has 0 saturated heterocycles. The highest BCUT2D eigenvalue weighted by molar-refractivity contribution is 7.90. The molecule has 3 aromatic rings. The number of carbonyl (C=O) groups excluding carboxylic acids is 1. The van der Waals surface area contributed by atoms with E-state index >= 15 is 0 Å². The first-order valence-electron chi connectivity index (χ1n) is 7.52. The van der Waals surface area contributed by atoms with Crippen molar-refractivity contribution in [3.8, 4) is 12.3 Å². The van der Waals surface area contributed by atoms with E-state index in [2.05, 4.69) is 10.9 Å². The van der Waals surface area contributed by atoms with E-state index in [1.54, 1.807) is 10.6 Å². The highest BCUT2D eigenvalue weighted by Crippen LogP contribution is 2.23. The molecule has 3 rings (SSSR count). The normalized spacial score (nSPS) is 12.3. The third-order valence-electron chi connectivity index (χ3n) is 3.71. The van der Waals surface area contributed by atoms with Crippen LogP contribution >= 0.6 is 22.9 Å². The minimum absolute atomic E-state index is 0.0484. The summed E-state index contributed by atoms with van der Waals surface area (Å²) in [5.41, 5.74) is 0.289. The topological polar surface area (TPSA) is 68.5 Å². The Kier molecular flexibility index (Phi) is 5.20. The number of hydrogen-bond donors (Lipinski definition) is 0. The van der Waals surface area contributed by atoms with Crippen LogP contribution in [-0.4, -0.2) is 25.1 Å². The second-order valence-corrected chi connectivity index (χ2v) is 9.02. The summed E-state index contributed by atoms with van der Waals surface area (Å²) in [5.74, 6) is 0.837. The molecule has 0 bridgehead atoms. The van der Waals surface area contributed by atoms with Gasteiger partial charge in [-0.1, -0.05) is 34.9 Å². The fraction of sp³-hybridized carbons (Fsp3) is 0.111. The lowest BCUT2D eigenvalue weighted by Crippen LogP contribution is -2.17. The summed E-state index contributed by atoms with van der Waals surface area (Å²) in [6.07, 6.45) is 6.50. The molecule has 0 spiro atoms. The number of aromatic nitrogens is 1. The van der Waals surface area contributed by atoms with E-state index in [9.17, 15) is 17.6 Å². The Bertz CT molecular complexity index is 1260. The SMILES string of the molecule is C#CCn1c(=NC(=O)c2c(F)cccc2Cl)sc2cc(S(C)(=O)=O)ccc21. The standard InChI is InChI=1S/C18H12ClFN2O3S2/c1-3-9-22-14-8-7-11(27(2,24)25)10-15(14)26-18(22)21-17(23)16-12(19)5-4-6-13(16)20/h1,4-8,10H,9H2,2H3. The summed E-state index contributed by atoms with van der Waals surface area (Å²) in [7, 11) is -3.39. The predicted molar refractivity (Wildman–Crippen MR) is 103 cm³/mol. The average Bonchev–Trinajstić information content (AvgIpc) is 2.91. The number of halogens is 2. The summed E-state index contributed by atoms with van der Waals surface area (Å²) in [6.45, 7) is 0.106. The molecule has 0 aliphatic heterocycles. The molecule has 1 amide bonds. The van der Waals surface area contributed by atoms with Crippen LogP contribution in [0, 0.1) is 18.2 Å². The molecule has 0 atom stereocenters. The van der Waals surface area contributed by atoms with Gasteiger partial charge in [-0.15, -0.1) is 6.42 Å². The number of rotatable bonds is 3. The van der Waals surface area contributed by atoms with Gasteiger partial charge in [-0.3, -0.25) is 4.79 Å². The summed E-state index contributed by atoms with van der Waals surface area (Å²) in [5, 5.41) is -0.0484.